The Hall–Kier alpha value is -3.63. The highest BCUT2D eigenvalue weighted by atomic mass is 31.2. The molecule has 0 fully saturated rings. The highest BCUT2D eigenvalue weighted by Gasteiger charge is 2.27. The van der Waals surface area contributed by atoms with Crippen molar-refractivity contribution in [3.8, 4) is 0 Å². The number of carboxylic acids is 1. The number of ether oxygens (including phenoxy) is 2. The molecule has 0 aromatic heterocycles. The number of nitrogens with two attached hydrogens (primary N) is 1. The Kier molecular flexibility index (Phi) is 43.7. The van der Waals surface area contributed by atoms with Gasteiger partial charge in [-0.15, -0.1) is 0 Å². The zero-order valence-electron chi connectivity index (χ0n) is 38.9. The number of esters is 1. The molecule has 0 aliphatic rings. The quantitative estimate of drug-likeness (QED) is 0.0233. The Labute approximate surface area is 382 Å². The fraction of sp³-hybridized carbons (Fsp3) is 0.577. The van der Waals surface area contributed by atoms with Gasteiger partial charge in [0.15, 0.2) is 0 Å². The third kappa shape index (κ3) is 46.2. The molecule has 0 saturated carbocycles. The summed E-state index contributed by atoms with van der Waals surface area (Å²) >= 11 is 0. The molecule has 10 nitrogen and oxygen atoms in total. The minimum absolute atomic E-state index is 0.0264. The maximum atomic E-state index is 12.7. The van der Waals surface area contributed by atoms with Gasteiger partial charge < -0.3 is 25.2 Å². The molecular formula is C52H84NO9P. The maximum Gasteiger partial charge on any atom is 0.472 e. The zero-order valence-corrected chi connectivity index (χ0v) is 39.8. The first-order valence-electron chi connectivity index (χ1n) is 23.6. The summed E-state index contributed by atoms with van der Waals surface area (Å²) in [6.07, 6.45) is 64.0. The first kappa shape index (κ1) is 59.4. The van der Waals surface area contributed by atoms with E-state index in [4.69, 9.17) is 29.4 Å². The first-order valence-corrected chi connectivity index (χ1v) is 25.1. The van der Waals surface area contributed by atoms with Crippen molar-refractivity contribution >= 4 is 19.8 Å². The van der Waals surface area contributed by atoms with Crippen LogP contribution in [0, 0.1) is 0 Å². The largest absolute Gasteiger partial charge is 0.480 e. The van der Waals surface area contributed by atoms with Crippen molar-refractivity contribution in [1.29, 1.82) is 0 Å². The second-order valence-electron chi connectivity index (χ2n) is 15.1. The van der Waals surface area contributed by atoms with Crippen molar-refractivity contribution in [2.24, 2.45) is 5.73 Å². The van der Waals surface area contributed by atoms with Crippen LogP contribution in [0.2, 0.25) is 0 Å². The van der Waals surface area contributed by atoms with Crippen LogP contribution in [0.1, 0.15) is 155 Å². The highest BCUT2D eigenvalue weighted by Crippen LogP contribution is 2.43. The second-order valence-corrected chi connectivity index (χ2v) is 16.6. The molecule has 3 atom stereocenters. The lowest BCUT2D eigenvalue weighted by Gasteiger charge is -2.20. The van der Waals surface area contributed by atoms with Crippen LogP contribution in [0.25, 0.3) is 0 Å². The van der Waals surface area contributed by atoms with Gasteiger partial charge in [0.2, 0.25) is 0 Å². The van der Waals surface area contributed by atoms with Crippen LogP contribution >= 0.6 is 7.82 Å². The molecule has 0 radical (unpaired) electrons. The van der Waals surface area contributed by atoms with Crippen molar-refractivity contribution in [3.05, 3.63) is 122 Å². The van der Waals surface area contributed by atoms with Gasteiger partial charge in [-0.3, -0.25) is 18.6 Å². The summed E-state index contributed by atoms with van der Waals surface area (Å²) in [5, 5.41) is 8.91. The Balaban J connectivity index is 4.33. The highest BCUT2D eigenvalue weighted by molar-refractivity contribution is 7.47. The van der Waals surface area contributed by atoms with E-state index < -0.39 is 45.1 Å². The number of carboxylic acid groups (broad SMARTS) is 1. The van der Waals surface area contributed by atoms with Gasteiger partial charge in [-0.2, -0.15) is 0 Å². The zero-order chi connectivity index (χ0) is 46.2. The molecule has 0 aromatic carbocycles. The smallest absolute Gasteiger partial charge is 0.472 e. The van der Waals surface area contributed by atoms with E-state index in [-0.39, 0.29) is 13.0 Å². The lowest BCUT2D eigenvalue weighted by atomic mass is 10.1. The third-order valence-corrected chi connectivity index (χ3v) is 10.2. The standard InChI is InChI=1S/C52H84NO9P/c1-3-5-7-9-11-13-15-17-19-21-22-23-24-25-26-27-29-31-33-35-37-39-41-43-45-59-46-49(47-60-63(57,58)61-48-50(53)52(55)56)62-51(54)44-42-40-38-36-34-32-30-28-20-18-16-14-12-10-8-6-4-2/h5-8,11-14,17-20,22-23,25-26,29,31,35,37,49-50H,3-4,9-10,15-16,21,24,27-28,30,32-34,36,38-48,53H2,1-2H3,(H,55,56)(H,57,58)/b7-5-,8-6-,13-11-,14-12-,19-17-,20-18-,23-22-,26-25-,31-29-,37-35-. The van der Waals surface area contributed by atoms with Gasteiger partial charge in [-0.25, -0.2) is 4.57 Å². The van der Waals surface area contributed by atoms with Crippen LogP contribution in [-0.4, -0.2) is 60.5 Å². The van der Waals surface area contributed by atoms with E-state index in [1.807, 2.05) is 0 Å². The van der Waals surface area contributed by atoms with Crippen LogP contribution in [0.5, 0.6) is 0 Å². The van der Waals surface area contributed by atoms with Crippen LogP contribution < -0.4 is 5.73 Å². The number of phosphoric acid groups is 1. The average molecular weight is 898 g/mol. The first-order chi connectivity index (χ1) is 30.7. The number of aliphatic carboxylic acids is 1. The molecule has 4 N–H and O–H groups in total. The summed E-state index contributed by atoms with van der Waals surface area (Å²) in [6, 6.07) is -1.49. The Morgan fingerprint density at radius 3 is 1.30 bits per heavy atom. The summed E-state index contributed by atoms with van der Waals surface area (Å²) in [5.41, 5.74) is 5.36. The summed E-state index contributed by atoms with van der Waals surface area (Å²) in [4.78, 5) is 33.6. The van der Waals surface area contributed by atoms with E-state index in [0.717, 1.165) is 109 Å². The van der Waals surface area contributed by atoms with E-state index in [1.165, 1.54) is 19.3 Å². The summed E-state index contributed by atoms with van der Waals surface area (Å²) in [7, 11) is -4.65. The van der Waals surface area contributed by atoms with Crippen LogP contribution in [0.15, 0.2) is 122 Å². The molecule has 0 spiro atoms. The second kappa shape index (κ2) is 46.4. The molecular weight excluding hydrogens is 814 g/mol. The molecule has 356 valence electrons. The van der Waals surface area contributed by atoms with Crippen molar-refractivity contribution in [2.75, 3.05) is 26.4 Å². The van der Waals surface area contributed by atoms with Crippen molar-refractivity contribution < 1.29 is 42.7 Å². The molecule has 0 amide bonds. The van der Waals surface area contributed by atoms with Gasteiger partial charge >= 0.3 is 19.8 Å². The molecule has 11 heteroatoms. The monoisotopic (exact) mass is 898 g/mol. The molecule has 0 saturated heterocycles. The van der Waals surface area contributed by atoms with Crippen LogP contribution in [0.3, 0.4) is 0 Å². The van der Waals surface area contributed by atoms with Crippen LogP contribution in [0.4, 0.5) is 0 Å². The fourth-order valence-corrected chi connectivity index (χ4v) is 6.43. The number of rotatable bonds is 43. The number of carbonyl (C=O) groups is 2. The SMILES string of the molecule is CC/C=C\C/C=C\C/C=C\C/C=C\C/C=C\C/C=C\C/C=C\CCCCOCC(COP(=O)(O)OCC(N)C(=O)O)OC(=O)CCCCCCCCC/C=C\C/C=C\C/C=C\CC. The maximum absolute atomic E-state index is 12.7. The summed E-state index contributed by atoms with van der Waals surface area (Å²) < 4.78 is 33.4. The summed E-state index contributed by atoms with van der Waals surface area (Å²) in [6.45, 7) is 3.51. The Morgan fingerprint density at radius 2 is 0.873 bits per heavy atom. The number of unbranched alkanes of at least 4 members (excludes halogenated alkanes) is 9. The molecule has 0 heterocycles. The number of carbonyl (C=O) groups excluding carboxylic acids is 1. The molecule has 0 aliphatic heterocycles. The summed E-state index contributed by atoms with van der Waals surface area (Å²) in [5.74, 6) is -1.82. The topological polar surface area (TPSA) is 155 Å². The van der Waals surface area contributed by atoms with Crippen LogP contribution in [-0.2, 0) is 32.7 Å². The van der Waals surface area contributed by atoms with Gasteiger partial charge in [0.1, 0.15) is 12.1 Å². The minimum Gasteiger partial charge on any atom is -0.480 e. The van der Waals surface area contributed by atoms with Crippen molar-refractivity contribution in [1.82, 2.24) is 0 Å². The number of hydrogen-bond donors (Lipinski definition) is 3. The number of phosphoric ester groups is 1. The predicted molar refractivity (Wildman–Crippen MR) is 262 cm³/mol. The van der Waals surface area contributed by atoms with E-state index in [2.05, 4.69) is 135 Å². The molecule has 0 bridgehead atoms. The predicted octanol–water partition coefficient (Wildman–Crippen LogP) is 13.6. The average Bonchev–Trinajstić information content (AvgIpc) is 3.26. The molecule has 0 aromatic rings. The molecule has 0 aliphatic carbocycles. The van der Waals surface area contributed by atoms with E-state index in [0.29, 0.717) is 13.0 Å². The lowest BCUT2D eigenvalue weighted by molar-refractivity contribution is -0.154. The number of hydrogen-bond acceptors (Lipinski definition) is 8. The molecule has 63 heavy (non-hydrogen) atoms. The van der Waals surface area contributed by atoms with E-state index in [1.54, 1.807) is 0 Å². The van der Waals surface area contributed by atoms with Gasteiger partial charge in [0.05, 0.1) is 19.8 Å². The van der Waals surface area contributed by atoms with E-state index in [9.17, 15) is 19.0 Å². The normalized spacial score (nSPS) is 14.9. The third-order valence-electron chi connectivity index (χ3n) is 9.24. The van der Waals surface area contributed by atoms with Gasteiger partial charge in [-0.05, 0) is 103 Å². The molecule has 3 unspecified atom stereocenters. The lowest BCUT2D eigenvalue weighted by Crippen LogP contribution is -2.34. The Morgan fingerprint density at radius 1 is 0.508 bits per heavy atom. The van der Waals surface area contributed by atoms with Gasteiger partial charge in [0.25, 0.3) is 0 Å². The van der Waals surface area contributed by atoms with Gasteiger partial charge in [0, 0.05) is 13.0 Å². The minimum atomic E-state index is -4.65. The van der Waals surface area contributed by atoms with E-state index >= 15 is 0 Å². The van der Waals surface area contributed by atoms with Crippen molar-refractivity contribution in [2.45, 2.75) is 167 Å². The molecule has 0 rings (SSSR count). The number of allylic oxidation sites excluding steroid dienone is 20. The fourth-order valence-electron chi connectivity index (χ4n) is 5.66. The Bertz CT molecular complexity index is 1460. The van der Waals surface area contributed by atoms with Gasteiger partial charge in [-0.1, -0.05) is 167 Å². The van der Waals surface area contributed by atoms with Crippen molar-refractivity contribution in [3.63, 3.8) is 0 Å².